The second-order valence-electron chi connectivity index (χ2n) is 10.9. The number of nitrogens with one attached hydrogen (secondary N) is 2. The fraction of sp³-hybridized carbons (Fsp3) is 0.500. The van der Waals surface area contributed by atoms with Gasteiger partial charge in [-0.2, -0.15) is 4.98 Å². The highest BCUT2D eigenvalue weighted by atomic mass is 16.5. The number of anilines is 4. The first-order chi connectivity index (χ1) is 18.2. The van der Waals surface area contributed by atoms with E-state index in [4.69, 9.17) is 9.72 Å². The van der Waals surface area contributed by atoms with Crippen LogP contribution >= 0.6 is 0 Å². The summed E-state index contributed by atoms with van der Waals surface area (Å²) < 4.78 is 5.60. The van der Waals surface area contributed by atoms with Crippen molar-refractivity contribution >= 4 is 35.0 Å². The van der Waals surface area contributed by atoms with Crippen LogP contribution in [0.25, 0.3) is 0 Å². The Labute approximate surface area is 224 Å². The zero-order chi connectivity index (χ0) is 27.0. The molecule has 2 aliphatic heterocycles. The summed E-state index contributed by atoms with van der Waals surface area (Å²) in [4.78, 5) is 41.6. The number of carbonyl (C=O) groups excluding carboxylic acids is 2. The molecule has 38 heavy (non-hydrogen) atoms. The van der Waals surface area contributed by atoms with E-state index in [1.807, 2.05) is 14.0 Å². The Morgan fingerprint density at radius 3 is 2.63 bits per heavy atom. The molecule has 0 spiro atoms. The molecule has 1 aromatic carbocycles. The molecule has 1 saturated heterocycles. The van der Waals surface area contributed by atoms with E-state index in [0.29, 0.717) is 41.2 Å². The van der Waals surface area contributed by atoms with Gasteiger partial charge in [0.25, 0.3) is 5.91 Å². The molecule has 1 atom stereocenters. The van der Waals surface area contributed by atoms with Crippen molar-refractivity contribution in [2.45, 2.75) is 44.7 Å². The minimum absolute atomic E-state index is 0.0253. The van der Waals surface area contributed by atoms with Crippen LogP contribution in [0.3, 0.4) is 0 Å². The highest BCUT2D eigenvalue weighted by molar-refractivity contribution is 6.02. The Hall–Kier alpha value is -3.66. The SMILES string of the molecule is C=C[C@@]1(C)CN(C2CCCC2)c2nc(Nc3ccc(C(=O)NC4CN(C)C4)cc3OC)ncc2N(C)C1=O. The molecule has 1 aromatic heterocycles. The summed E-state index contributed by atoms with van der Waals surface area (Å²) in [6.07, 6.45) is 7.89. The van der Waals surface area contributed by atoms with E-state index < -0.39 is 5.41 Å². The number of methoxy groups -OCH3 is 1. The molecule has 2 fully saturated rings. The largest absolute Gasteiger partial charge is 0.495 e. The van der Waals surface area contributed by atoms with E-state index in [9.17, 15) is 9.59 Å². The number of fused-ring (bicyclic) bond motifs is 1. The molecule has 10 heteroatoms. The molecule has 3 aliphatic rings. The Balaban J connectivity index is 1.43. The van der Waals surface area contributed by atoms with Gasteiger partial charge in [0.1, 0.15) is 11.4 Å². The molecular formula is C28H37N7O3. The average molecular weight is 520 g/mol. The zero-order valence-corrected chi connectivity index (χ0v) is 22.7. The van der Waals surface area contributed by atoms with Crippen LogP contribution in [0.4, 0.5) is 23.1 Å². The fourth-order valence-corrected chi connectivity index (χ4v) is 5.65. The minimum Gasteiger partial charge on any atom is -0.495 e. The third kappa shape index (κ3) is 4.80. The van der Waals surface area contributed by atoms with Gasteiger partial charge in [0.15, 0.2) is 5.82 Å². The quantitative estimate of drug-likeness (QED) is 0.538. The van der Waals surface area contributed by atoms with E-state index in [0.717, 1.165) is 44.6 Å². The van der Waals surface area contributed by atoms with Gasteiger partial charge in [-0.25, -0.2) is 4.98 Å². The van der Waals surface area contributed by atoms with E-state index in [1.54, 1.807) is 49.5 Å². The molecular weight excluding hydrogens is 482 g/mol. The highest BCUT2D eigenvalue weighted by Crippen LogP contribution is 2.41. The van der Waals surface area contributed by atoms with E-state index in [-0.39, 0.29) is 17.9 Å². The second kappa shape index (κ2) is 10.2. The Bertz CT molecular complexity index is 1240. The van der Waals surface area contributed by atoms with Crippen LogP contribution < -0.4 is 25.2 Å². The smallest absolute Gasteiger partial charge is 0.251 e. The van der Waals surface area contributed by atoms with E-state index >= 15 is 0 Å². The summed E-state index contributed by atoms with van der Waals surface area (Å²) in [5, 5.41) is 6.31. The van der Waals surface area contributed by atoms with Crippen LogP contribution in [0.5, 0.6) is 5.75 Å². The molecule has 3 heterocycles. The van der Waals surface area contributed by atoms with Crippen LogP contribution in [-0.4, -0.2) is 79.6 Å². The number of hydrogen-bond donors (Lipinski definition) is 2. The van der Waals surface area contributed by atoms with Gasteiger partial charge in [-0.05, 0) is 45.0 Å². The summed E-state index contributed by atoms with van der Waals surface area (Å²) >= 11 is 0. The van der Waals surface area contributed by atoms with Crippen LogP contribution in [0.2, 0.25) is 0 Å². The number of benzene rings is 1. The molecule has 0 unspecified atom stereocenters. The van der Waals surface area contributed by atoms with Crippen LogP contribution in [0.15, 0.2) is 37.1 Å². The second-order valence-corrected chi connectivity index (χ2v) is 10.9. The Morgan fingerprint density at radius 2 is 1.97 bits per heavy atom. The maximum Gasteiger partial charge on any atom is 0.251 e. The lowest BCUT2D eigenvalue weighted by molar-refractivity contribution is -0.124. The number of carbonyl (C=O) groups is 2. The van der Waals surface area contributed by atoms with E-state index in [2.05, 4.69) is 32.0 Å². The number of ether oxygens (including phenoxy) is 1. The maximum atomic E-state index is 13.4. The summed E-state index contributed by atoms with van der Waals surface area (Å²) in [7, 11) is 5.36. The molecule has 0 bridgehead atoms. The monoisotopic (exact) mass is 519 g/mol. The molecule has 1 aliphatic carbocycles. The first-order valence-electron chi connectivity index (χ1n) is 13.2. The van der Waals surface area contributed by atoms with Gasteiger partial charge in [0.2, 0.25) is 11.9 Å². The number of likely N-dealkylation sites (N-methyl/N-ethyl adjacent to an activating group) is 1. The predicted octanol–water partition coefficient (Wildman–Crippen LogP) is 3.19. The van der Waals surface area contributed by atoms with Crippen molar-refractivity contribution in [3.05, 3.63) is 42.6 Å². The molecule has 5 rings (SSSR count). The van der Waals surface area contributed by atoms with Crippen molar-refractivity contribution in [2.75, 3.05) is 56.0 Å². The van der Waals surface area contributed by atoms with Gasteiger partial charge in [-0.1, -0.05) is 18.9 Å². The lowest BCUT2D eigenvalue weighted by Crippen LogP contribution is -2.57. The maximum absolute atomic E-state index is 13.4. The molecule has 1 saturated carbocycles. The molecule has 2 aromatic rings. The van der Waals surface area contributed by atoms with Gasteiger partial charge >= 0.3 is 0 Å². The van der Waals surface area contributed by atoms with Crippen molar-refractivity contribution in [3.8, 4) is 5.75 Å². The van der Waals surface area contributed by atoms with Gasteiger partial charge in [0, 0.05) is 38.3 Å². The Morgan fingerprint density at radius 1 is 1.24 bits per heavy atom. The number of rotatable bonds is 7. The average Bonchev–Trinajstić information content (AvgIpc) is 3.42. The zero-order valence-electron chi connectivity index (χ0n) is 22.7. The van der Waals surface area contributed by atoms with Crippen LogP contribution in [0.1, 0.15) is 43.0 Å². The molecule has 202 valence electrons. The topological polar surface area (TPSA) is 103 Å². The van der Waals surface area contributed by atoms with Crippen LogP contribution in [0, 0.1) is 5.41 Å². The standard InChI is InChI=1S/C28H37N7O3/c1-6-28(2)17-35(20-9-7-8-10-20)24-22(34(4)26(28)37)14-29-27(32-24)31-21-12-11-18(13-23(21)38-5)25(36)30-19-15-33(3)16-19/h6,11-14,19-20H,1,7-10,15-17H2,2-5H3,(H,30,36)(H,29,31,32)/t28-/m0/s1. The number of nitrogens with zero attached hydrogens (tertiary/aromatic N) is 5. The highest BCUT2D eigenvalue weighted by Gasteiger charge is 2.42. The Kier molecular flexibility index (Phi) is 7.00. The van der Waals surface area contributed by atoms with Crippen molar-refractivity contribution in [1.29, 1.82) is 0 Å². The number of likely N-dealkylation sites (tertiary alicyclic amines) is 1. The molecule has 2 N–H and O–H groups in total. The molecule has 0 radical (unpaired) electrons. The lowest BCUT2D eigenvalue weighted by atomic mass is 9.88. The molecule has 10 nitrogen and oxygen atoms in total. The number of aromatic nitrogens is 2. The minimum atomic E-state index is -0.736. The van der Waals surface area contributed by atoms with Gasteiger partial charge in [-0.3, -0.25) is 9.59 Å². The van der Waals surface area contributed by atoms with Crippen molar-refractivity contribution < 1.29 is 14.3 Å². The summed E-state index contributed by atoms with van der Waals surface area (Å²) in [6.45, 7) is 8.13. The van der Waals surface area contributed by atoms with Gasteiger partial charge < -0.3 is 30.1 Å². The molecule has 2 amide bonds. The normalized spacial score (nSPS) is 22.5. The number of hydrogen-bond acceptors (Lipinski definition) is 8. The summed E-state index contributed by atoms with van der Waals surface area (Å²) in [5.74, 6) is 1.49. The lowest BCUT2D eigenvalue weighted by Gasteiger charge is -2.36. The predicted molar refractivity (Wildman–Crippen MR) is 148 cm³/mol. The third-order valence-electron chi connectivity index (χ3n) is 8.00. The fourth-order valence-electron chi connectivity index (χ4n) is 5.65. The summed E-state index contributed by atoms with van der Waals surface area (Å²) in [6, 6.07) is 5.75. The van der Waals surface area contributed by atoms with Gasteiger partial charge in [0.05, 0.1) is 30.5 Å². The first-order valence-corrected chi connectivity index (χ1v) is 13.2. The van der Waals surface area contributed by atoms with Gasteiger partial charge in [-0.15, -0.1) is 6.58 Å². The van der Waals surface area contributed by atoms with Crippen molar-refractivity contribution in [2.24, 2.45) is 5.41 Å². The summed E-state index contributed by atoms with van der Waals surface area (Å²) in [5.41, 5.74) is 1.12. The third-order valence-corrected chi connectivity index (χ3v) is 8.00. The van der Waals surface area contributed by atoms with Crippen molar-refractivity contribution in [1.82, 2.24) is 20.2 Å². The van der Waals surface area contributed by atoms with Crippen molar-refractivity contribution in [3.63, 3.8) is 0 Å². The first kappa shape index (κ1) is 26.0. The number of amides is 2. The van der Waals surface area contributed by atoms with E-state index in [1.165, 1.54) is 0 Å². The van der Waals surface area contributed by atoms with Crippen LogP contribution in [-0.2, 0) is 4.79 Å².